The van der Waals surface area contributed by atoms with E-state index in [-0.39, 0.29) is 0 Å². The molecule has 10 heteroatoms. The van der Waals surface area contributed by atoms with E-state index < -0.39 is 0 Å². The van der Waals surface area contributed by atoms with E-state index in [2.05, 4.69) is 66.4 Å². The molecule has 0 aliphatic carbocycles. The van der Waals surface area contributed by atoms with Crippen LogP contribution in [0.5, 0.6) is 11.5 Å². The Bertz CT molecular complexity index is 1250. The van der Waals surface area contributed by atoms with Gasteiger partial charge in [-0.15, -0.1) is 0 Å². The van der Waals surface area contributed by atoms with Gasteiger partial charge in [-0.05, 0) is 155 Å². The minimum Gasteiger partial charge on any atom is -0.497 e. The number of hydrogen-bond acceptors (Lipinski definition) is 4. The summed E-state index contributed by atoms with van der Waals surface area (Å²) in [7, 11) is 3.29. The highest BCUT2D eigenvalue weighted by molar-refractivity contribution is 14.1. The van der Waals surface area contributed by atoms with Crippen molar-refractivity contribution in [2.24, 2.45) is 0 Å². The molecular weight excluding hydrogens is 742 g/mol. The number of hydrogen-bond donors (Lipinski definition) is 4. The Morgan fingerprint density at radius 2 is 0.868 bits per heavy atom. The van der Waals surface area contributed by atoms with Gasteiger partial charge in [-0.3, -0.25) is 0 Å². The maximum Gasteiger partial charge on any atom is 0.175 e. The van der Waals surface area contributed by atoms with Crippen LogP contribution in [0.3, 0.4) is 0 Å². The summed E-state index contributed by atoms with van der Waals surface area (Å²) in [6.45, 7) is 0. The smallest absolute Gasteiger partial charge is 0.175 e. The molecule has 0 heterocycles. The summed E-state index contributed by atoms with van der Waals surface area (Å²) in [5.74, 6) is 1.64. The van der Waals surface area contributed by atoms with Crippen LogP contribution < -0.4 is 30.7 Å². The first-order chi connectivity index (χ1) is 18.3. The van der Waals surface area contributed by atoms with Crippen molar-refractivity contribution in [3.05, 3.63) is 104 Å². The summed E-state index contributed by atoms with van der Waals surface area (Å²) in [6.07, 6.45) is 0. The zero-order valence-electron chi connectivity index (χ0n) is 20.6. The van der Waals surface area contributed by atoms with Gasteiger partial charge in [0.15, 0.2) is 10.2 Å². The molecule has 0 amide bonds. The lowest BCUT2D eigenvalue weighted by Gasteiger charge is -2.11. The summed E-state index contributed by atoms with van der Waals surface area (Å²) in [4.78, 5) is 0. The quantitative estimate of drug-likeness (QED) is 0.116. The lowest BCUT2D eigenvalue weighted by molar-refractivity contribution is 0.415. The van der Waals surface area contributed by atoms with E-state index in [1.54, 1.807) is 14.2 Å². The molecular formula is C28H26I2N4O2S2. The molecule has 0 aliphatic heterocycles. The molecule has 0 radical (unpaired) electrons. The topological polar surface area (TPSA) is 66.6 Å². The minimum atomic E-state index is 0.562. The normalized spacial score (nSPS) is 9.79. The van der Waals surface area contributed by atoms with Gasteiger partial charge in [0.2, 0.25) is 0 Å². The van der Waals surface area contributed by atoms with Gasteiger partial charge in [-0.1, -0.05) is 12.1 Å². The van der Waals surface area contributed by atoms with Gasteiger partial charge >= 0.3 is 0 Å². The van der Waals surface area contributed by atoms with Gasteiger partial charge in [0, 0.05) is 29.9 Å². The third-order valence-corrected chi connectivity index (χ3v) is 6.61. The first-order valence-electron chi connectivity index (χ1n) is 11.3. The van der Waals surface area contributed by atoms with Crippen LogP contribution in [0.2, 0.25) is 0 Å². The highest BCUT2D eigenvalue weighted by Crippen LogP contribution is 2.18. The van der Waals surface area contributed by atoms with Gasteiger partial charge in [0.05, 0.1) is 14.2 Å². The van der Waals surface area contributed by atoms with Crippen LogP contribution >= 0.6 is 69.6 Å². The number of rotatable bonds is 6. The Morgan fingerprint density at radius 1 is 0.526 bits per heavy atom. The molecule has 4 aromatic rings. The van der Waals surface area contributed by atoms with Crippen molar-refractivity contribution in [1.82, 2.24) is 0 Å². The second-order valence-electron chi connectivity index (χ2n) is 7.64. The maximum absolute atomic E-state index is 5.27. The molecule has 4 N–H and O–H groups in total. The van der Waals surface area contributed by atoms with E-state index >= 15 is 0 Å². The van der Waals surface area contributed by atoms with E-state index in [0.717, 1.165) is 41.4 Å². The van der Waals surface area contributed by atoms with Crippen molar-refractivity contribution in [1.29, 1.82) is 0 Å². The van der Waals surface area contributed by atoms with E-state index in [0.29, 0.717) is 10.2 Å². The number of anilines is 4. The molecule has 0 fully saturated rings. The van der Waals surface area contributed by atoms with E-state index in [1.807, 2.05) is 97.1 Å². The number of nitrogens with one attached hydrogen (secondary N) is 4. The van der Waals surface area contributed by atoms with Crippen LogP contribution in [0.4, 0.5) is 22.7 Å². The van der Waals surface area contributed by atoms with Crippen molar-refractivity contribution in [2.45, 2.75) is 0 Å². The predicted octanol–water partition coefficient (Wildman–Crippen LogP) is 8.22. The zero-order chi connectivity index (χ0) is 27.3. The van der Waals surface area contributed by atoms with Crippen LogP contribution in [0, 0.1) is 7.14 Å². The van der Waals surface area contributed by atoms with Gasteiger partial charge in [0.1, 0.15) is 11.5 Å². The maximum atomic E-state index is 5.27. The zero-order valence-corrected chi connectivity index (χ0v) is 26.6. The van der Waals surface area contributed by atoms with E-state index in [9.17, 15) is 0 Å². The summed E-state index contributed by atoms with van der Waals surface area (Å²) >= 11 is 15.1. The average Bonchev–Trinajstić information content (AvgIpc) is 2.90. The van der Waals surface area contributed by atoms with Crippen molar-refractivity contribution < 1.29 is 9.47 Å². The first-order valence-corrected chi connectivity index (χ1v) is 14.3. The van der Waals surface area contributed by atoms with Crippen LogP contribution in [-0.2, 0) is 0 Å². The SMILES string of the molecule is COc1ccc(NC(=S)Nc2cccc(I)c2)cc1.COc1ccc(NC(=S)Nc2cccc(I)c2)cc1. The van der Waals surface area contributed by atoms with Gasteiger partial charge in [0.25, 0.3) is 0 Å². The molecule has 0 aliphatic rings. The second kappa shape index (κ2) is 15.7. The fourth-order valence-corrected chi connectivity index (χ4v) is 4.63. The number of thiocarbonyl (C=S) groups is 2. The predicted molar refractivity (Wildman–Crippen MR) is 184 cm³/mol. The van der Waals surface area contributed by atoms with E-state index in [4.69, 9.17) is 33.9 Å². The highest BCUT2D eigenvalue weighted by atomic mass is 127. The fraction of sp³-hybridized carbons (Fsp3) is 0.0714. The van der Waals surface area contributed by atoms with Crippen LogP contribution in [0.15, 0.2) is 97.1 Å². The summed E-state index contributed by atoms with van der Waals surface area (Å²) in [5, 5.41) is 13.7. The van der Waals surface area contributed by atoms with Crippen molar-refractivity contribution in [3.8, 4) is 11.5 Å². The lowest BCUT2D eigenvalue weighted by atomic mass is 10.3. The standard InChI is InChI=1S/2C14H13IN2OS/c2*1-18-13-7-5-11(6-8-13)16-14(19)17-12-4-2-3-10(15)9-12/h2*2-9H,1H3,(H2,16,17,19). The van der Waals surface area contributed by atoms with Crippen LogP contribution in [0.1, 0.15) is 0 Å². The molecule has 0 aromatic heterocycles. The number of methoxy groups -OCH3 is 2. The molecule has 6 nitrogen and oxygen atoms in total. The molecule has 0 spiro atoms. The number of halogens is 2. The lowest BCUT2D eigenvalue weighted by Crippen LogP contribution is -2.18. The van der Waals surface area contributed by atoms with Gasteiger partial charge < -0.3 is 30.7 Å². The van der Waals surface area contributed by atoms with Crippen molar-refractivity contribution >= 4 is 103 Å². The molecule has 0 saturated heterocycles. The molecule has 4 aromatic carbocycles. The Labute approximate surface area is 261 Å². The van der Waals surface area contributed by atoms with Crippen molar-refractivity contribution in [2.75, 3.05) is 35.5 Å². The molecule has 38 heavy (non-hydrogen) atoms. The average molecular weight is 768 g/mol. The molecule has 196 valence electrons. The minimum absolute atomic E-state index is 0.562. The molecule has 0 saturated carbocycles. The number of benzene rings is 4. The Hall–Kier alpha value is -2.68. The molecule has 0 atom stereocenters. The number of ether oxygens (including phenoxy) is 2. The van der Waals surface area contributed by atoms with Crippen LogP contribution in [-0.4, -0.2) is 24.4 Å². The highest BCUT2D eigenvalue weighted by Gasteiger charge is 2.01. The second-order valence-corrected chi connectivity index (χ2v) is 10.9. The van der Waals surface area contributed by atoms with Gasteiger partial charge in [-0.25, -0.2) is 0 Å². The summed E-state index contributed by atoms with van der Waals surface area (Å²) in [5.41, 5.74) is 3.78. The van der Waals surface area contributed by atoms with Crippen LogP contribution in [0.25, 0.3) is 0 Å². The Balaban J connectivity index is 0.000000211. The van der Waals surface area contributed by atoms with E-state index in [1.165, 1.54) is 0 Å². The molecule has 4 rings (SSSR count). The third-order valence-electron chi connectivity index (χ3n) is 4.86. The Morgan fingerprint density at radius 3 is 1.18 bits per heavy atom. The fourth-order valence-electron chi connectivity index (χ4n) is 3.07. The summed E-state index contributed by atoms with van der Waals surface area (Å²) < 4.78 is 12.5. The summed E-state index contributed by atoms with van der Waals surface area (Å²) in [6, 6.07) is 31.3. The van der Waals surface area contributed by atoms with Crippen molar-refractivity contribution in [3.63, 3.8) is 0 Å². The third kappa shape index (κ3) is 10.6. The molecule has 0 bridgehead atoms. The largest absolute Gasteiger partial charge is 0.497 e. The Kier molecular flexibility index (Phi) is 12.3. The first kappa shape index (κ1) is 29.9. The molecule has 0 unspecified atom stereocenters. The monoisotopic (exact) mass is 768 g/mol. The van der Waals surface area contributed by atoms with Gasteiger partial charge in [-0.2, -0.15) is 0 Å².